The van der Waals surface area contributed by atoms with Crippen LogP contribution in [0.25, 0.3) is 0 Å². The van der Waals surface area contributed by atoms with Crippen molar-refractivity contribution in [3.63, 3.8) is 0 Å². The lowest BCUT2D eigenvalue weighted by molar-refractivity contribution is 0.0698. The monoisotopic (exact) mass is 261 g/mol. The first-order valence-electron chi connectivity index (χ1n) is 5.61. The van der Waals surface area contributed by atoms with Gasteiger partial charge in [0.05, 0.1) is 5.56 Å². The summed E-state index contributed by atoms with van der Waals surface area (Å²) >= 11 is 0. The van der Waals surface area contributed by atoms with Gasteiger partial charge in [-0.1, -0.05) is 18.2 Å². The number of hydrogen-bond donors (Lipinski definition) is 3. The average Bonchev–Trinajstić information content (AvgIpc) is 2.40. The van der Waals surface area contributed by atoms with Gasteiger partial charge in [-0.05, 0) is 29.8 Å². The maximum absolute atomic E-state index is 13.1. The molecule has 0 spiro atoms. The maximum atomic E-state index is 13.1. The van der Waals surface area contributed by atoms with Gasteiger partial charge in [0.15, 0.2) is 11.6 Å². The number of aromatic carboxylic acids is 1. The van der Waals surface area contributed by atoms with Gasteiger partial charge in [0.2, 0.25) is 0 Å². The summed E-state index contributed by atoms with van der Waals surface area (Å²) in [6, 6.07) is 10.5. The number of halogens is 1. The van der Waals surface area contributed by atoms with Gasteiger partial charge < -0.3 is 15.5 Å². The number of phenols is 1. The van der Waals surface area contributed by atoms with Crippen LogP contribution < -0.4 is 5.32 Å². The zero-order valence-electron chi connectivity index (χ0n) is 9.93. The van der Waals surface area contributed by atoms with E-state index < -0.39 is 17.5 Å². The molecule has 2 rings (SSSR count). The number of benzene rings is 2. The first-order chi connectivity index (χ1) is 9.08. The quantitative estimate of drug-likeness (QED) is 0.791. The molecule has 0 aliphatic carbocycles. The van der Waals surface area contributed by atoms with E-state index in [2.05, 4.69) is 5.32 Å². The number of phenolic OH excluding ortho intramolecular Hbond substituents is 1. The number of carboxylic acids is 1. The van der Waals surface area contributed by atoms with E-state index in [9.17, 15) is 9.18 Å². The number of hydrogen-bond acceptors (Lipinski definition) is 3. The number of carboxylic acid groups (broad SMARTS) is 1. The predicted octanol–water partition coefficient (Wildman–Crippen LogP) is 2.84. The van der Waals surface area contributed by atoms with Crippen LogP contribution in [-0.2, 0) is 6.54 Å². The van der Waals surface area contributed by atoms with Gasteiger partial charge >= 0.3 is 5.97 Å². The second-order valence-electron chi connectivity index (χ2n) is 3.99. The van der Waals surface area contributed by atoms with Crippen LogP contribution in [0.2, 0.25) is 0 Å². The summed E-state index contributed by atoms with van der Waals surface area (Å²) in [5, 5.41) is 21.0. The van der Waals surface area contributed by atoms with Gasteiger partial charge in [-0.3, -0.25) is 0 Å². The first-order valence-corrected chi connectivity index (χ1v) is 5.61. The fourth-order valence-corrected chi connectivity index (χ4v) is 1.68. The van der Waals surface area contributed by atoms with Crippen molar-refractivity contribution in [1.82, 2.24) is 0 Å². The minimum atomic E-state index is -1.03. The molecule has 0 saturated heterocycles. The van der Waals surface area contributed by atoms with Crippen molar-refractivity contribution in [1.29, 1.82) is 0 Å². The third-order valence-corrected chi connectivity index (χ3v) is 2.65. The van der Waals surface area contributed by atoms with Crippen molar-refractivity contribution in [3.8, 4) is 5.75 Å². The zero-order chi connectivity index (χ0) is 13.8. The van der Waals surface area contributed by atoms with Crippen LogP contribution >= 0.6 is 0 Å². The number of para-hydroxylation sites is 1. The van der Waals surface area contributed by atoms with Gasteiger partial charge in [0, 0.05) is 12.2 Å². The summed E-state index contributed by atoms with van der Waals surface area (Å²) < 4.78 is 13.1. The Morgan fingerprint density at radius 3 is 2.63 bits per heavy atom. The largest absolute Gasteiger partial charge is 0.505 e. The Balaban J connectivity index is 2.14. The smallest absolute Gasteiger partial charge is 0.337 e. The van der Waals surface area contributed by atoms with Crippen molar-refractivity contribution in [2.24, 2.45) is 0 Å². The Bertz CT molecular complexity index is 613. The van der Waals surface area contributed by atoms with Crippen LogP contribution in [0.3, 0.4) is 0 Å². The van der Waals surface area contributed by atoms with Gasteiger partial charge in [-0.15, -0.1) is 0 Å². The van der Waals surface area contributed by atoms with Gasteiger partial charge in [-0.2, -0.15) is 0 Å². The molecule has 0 bridgehead atoms. The highest BCUT2D eigenvalue weighted by Gasteiger charge is 2.08. The Labute approximate surface area is 109 Å². The Morgan fingerprint density at radius 2 is 1.95 bits per heavy atom. The summed E-state index contributed by atoms with van der Waals surface area (Å²) in [4.78, 5) is 11.0. The highest BCUT2D eigenvalue weighted by Crippen LogP contribution is 2.19. The van der Waals surface area contributed by atoms with E-state index in [-0.39, 0.29) is 12.1 Å². The van der Waals surface area contributed by atoms with Crippen molar-refractivity contribution >= 4 is 11.7 Å². The molecule has 0 fully saturated rings. The Morgan fingerprint density at radius 1 is 1.21 bits per heavy atom. The molecule has 0 amide bonds. The van der Waals surface area contributed by atoms with Crippen LogP contribution in [-0.4, -0.2) is 16.2 Å². The molecule has 4 nitrogen and oxygen atoms in total. The van der Waals surface area contributed by atoms with Crippen LogP contribution in [0.4, 0.5) is 10.1 Å². The molecular weight excluding hydrogens is 249 g/mol. The lowest BCUT2D eigenvalue weighted by Gasteiger charge is -2.09. The molecule has 0 atom stereocenters. The van der Waals surface area contributed by atoms with Crippen molar-refractivity contribution in [3.05, 3.63) is 59.4 Å². The molecule has 0 aliphatic heterocycles. The standard InChI is InChI=1S/C14H12FNO3/c15-11-7-9(5-6-13(11)17)8-16-12-4-2-1-3-10(12)14(18)19/h1-7,16-17H,8H2,(H,18,19). The van der Waals surface area contributed by atoms with Crippen molar-refractivity contribution in [2.75, 3.05) is 5.32 Å². The lowest BCUT2D eigenvalue weighted by atomic mass is 10.1. The number of rotatable bonds is 4. The zero-order valence-corrected chi connectivity index (χ0v) is 9.93. The van der Waals surface area contributed by atoms with E-state index in [1.807, 2.05) is 0 Å². The molecule has 0 radical (unpaired) electrons. The highest BCUT2D eigenvalue weighted by atomic mass is 19.1. The van der Waals surface area contributed by atoms with Crippen LogP contribution in [0.5, 0.6) is 5.75 Å². The first kappa shape index (κ1) is 12.9. The van der Waals surface area contributed by atoms with E-state index >= 15 is 0 Å². The van der Waals surface area contributed by atoms with E-state index in [4.69, 9.17) is 10.2 Å². The number of nitrogens with one attached hydrogen (secondary N) is 1. The Kier molecular flexibility index (Phi) is 3.66. The van der Waals surface area contributed by atoms with E-state index in [0.717, 1.165) is 0 Å². The molecule has 0 aliphatic rings. The molecule has 2 aromatic rings. The molecule has 0 saturated carbocycles. The highest BCUT2D eigenvalue weighted by molar-refractivity contribution is 5.94. The molecule has 0 unspecified atom stereocenters. The summed E-state index contributed by atoms with van der Waals surface area (Å²) in [5.74, 6) is -2.14. The second-order valence-corrected chi connectivity index (χ2v) is 3.99. The van der Waals surface area contributed by atoms with Gasteiger partial charge in [0.1, 0.15) is 0 Å². The van der Waals surface area contributed by atoms with E-state index in [1.54, 1.807) is 24.3 Å². The van der Waals surface area contributed by atoms with Crippen LogP contribution in [0, 0.1) is 5.82 Å². The molecule has 0 aromatic heterocycles. The topological polar surface area (TPSA) is 69.6 Å². The van der Waals surface area contributed by atoms with Crippen molar-refractivity contribution < 1.29 is 19.4 Å². The molecule has 98 valence electrons. The molecule has 5 heteroatoms. The minimum Gasteiger partial charge on any atom is -0.505 e. The number of aromatic hydroxyl groups is 1. The minimum absolute atomic E-state index is 0.154. The normalized spacial score (nSPS) is 10.2. The molecule has 3 N–H and O–H groups in total. The van der Waals surface area contributed by atoms with Crippen LogP contribution in [0.1, 0.15) is 15.9 Å². The summed E-state index contributed by atoms with van der Waals surface area (Å²) in [7, 11) is 0. The summed E-state index contributed by atoms with van der Waals surface area (Å²) in [5.41, 5.74) is 1.22. The predicted molar refractivity (Wildman–Crippen MR) is 68.8 cm³/mol. The van der Waals surface area contributed by atoms with E-state index in [1.165, 1.54) is 18.2 Å². The lowest BCUT2D eigenvalue weighted by Crippen LogP contribution is -2.06. The number of anilines is 1. The van der Waals surface area contributed by atoms with Crippen molar-refractivity contribution in [2.45, 2.75) is 6.54 Å². The molecule has 19 heavy (non-hydrogen) atoms. The fraction of sp³-hybridized carbons (Fsp3) is 0.0714. The van der Waals surface area contributed by atoms with Crippen LogP contribution in [0.15, 0.2) is 42.5 Å². The third-order valence-electron chi connectivity index (χ3n) is 2.65. The Hall–Kier alpha value is -2.56. The summed E-state index contributed by atoms with van der Waals surface area (Å²) in [6.07, 6.45) is 0. The van der Waals surface area contributed by atoms with Gasteiger partial charge in [-0.25, -0.2) is 9.18 Å². The second kappa shape index (κ2) is 5.39. The third kappa shape index (κ3) is 3.01. The average molecular weight is 261 g/mol. The van der Waals surface area contributed by atoms with Gasteiger partial charge in [0.25, 0.3) is 0 Å². The number of carbonyl (C=O) groups is 1. The van der Waals surface area contributed by atoms with E-state index in [0.29, 0.717) is 11.3 Å². The molecule has 0 heterocycles. The maximum Gasteiger partial charge on any atom is 0.337 e. The SMILES string of the molecule is O=C(O)c1ccccc1NCc1ccc(O)c(F)c1. The fourth-order valence-electron chi connectivity index (χ4n) is 1.68. The molecular formula is C14H12FNO3. The summed E-state index contributed by atoms with van der Waals surface area (Å²) in [6.45, 7) is 0.265. The molecule has 2 aromatic carbocycles.